The van der Waals surface area contributed by atoms with Gasteiger partial charge in [-0.3, -0.25) is 0 Å². The molecule has 2 aromatic rings. The Labute approximate surface area is 179 Å². The first-order valence-electron chi connectivity index (χ1n) is 10.5. The van der Waals surface area contributed by atoms with Crippen molar-refractivity contribution in [3.8, 4) is 5.75 Å². The van der Waals surface area contributed by atoms with Crippen molar-refractivity contribution < 1.29 is 5.11 Å². The summed E-state index contributed by atoms with van der Waals surface area (Å²) in [6.45, 7) is 16.1. The summed E-state index contributed by atoms with van der Waals surface area (Å²) in [6.07, 6.45) is 7.54. The van der Waals surface area contributed by atoms with Crippen LogP contribution in [0, 0.1) is 6.92 Å². The summed E-state index contributed by atoms with van der Waals surface area (Å²) in [4.78, 5) is 10.9. The molecule has 3 N–H and O–H groups in total. The van der Waals surface area contributed by atoms with Gasteiger partial charge in [-0.25, -0.2) is 9.97 Å². The van der Waals surface area contributed by atoms with Crippen LogP contribution in [0.15, 0.2) is 49.6 Å². The molecule has 1 aromatic heterocycles. The van der Waals surface area contributed by atoms with E-state index >= 15 is 0 Å². The van der Waals surface area contributed by atoms with Crippen LogP contribution < -0.4 is 10.6 Å². The number of hydrogen-bond donors (Lipinski definition) is 3. The molecule has 0 saturated heterocycles. The van der Waals surface area contributed by atoms with Gasteiger partial charge in [0.25, 0.3) is 0 Å². The van der Waals surface area contributed by atoms with Gasteiger partial charge in [0.15, 0.2) is 0 Å². The summed E-state index contributed by atoms with van der Waals surface area (Å²) < 4.78 is 0. The van der Waals surface area contributed by atoms with E-state index < -0.39 is 0 Å². The average molecular weight is 406 g/mol. The molecule has 1 fully saturated rings. The van der Waals surface area contributed by atoms with Gasteiger partial charge in [0.1, 0.15) is 23.7 Å². The summed E-state index contributed by atoms with van der Waals surface area (Å²) in [5.41, 5.74) is 4.72. The van der Waals surface area contributed by atoms with Crippen molar-refractivity contribution >= 4 is 23.4 Å². The zero-order valence-electron chi connectivity index (χ0n) is 18.2. The number of nitrogens with one attached hydrogen (secondary N) is 2. The van der Waals surface area contributed by atoms with Crippen molar-refractivity contribution in [1.82, 2.24) is 14.9 Å². The van der Waals surface area contributed by atoms with Crippen LogP contribution in [0.2, 0.25) is 0 Å². The van der Waals surface area contributed by atoms with E-state index in [0.29, 0.717) is 6.04 Å². The lowest BCUT2D eigenvalue weighted by atomic mass is 9.95. The van der Waals surface area contributed by atoms with Gasteiger partial charge in [0.05, 0.1) is 6.04 Å². The van der Waals surface area contributed by atoms with Gasteiger partial charge in [-0.1, -0.05) is 39.1 Å². The molecule has 30 heavy (non-hydrogen) atoms. The summed E-state index contributed by atoms with van der Waals surface area (Å²) >= 11 is 0. The van der Waals surface area contributed by atoms with Crippen molar-refractivity contribution in [2.45, 2.75) is 52.6 Å². The standard InChI is InChI=1S/C22H25N5O.C2H6/c1-5-23-21-13(2)22(25-12-24-21)26-14(3)18-11-16-7-6-8-19(28)20(16)15(4)27(18)17-9-10-17;1-2/h5-8,11-12,14,17,28H,1,4,9-10H2,2-3H3,(H2,23,24,25,26);1-2H3. The molecule has 0 amide bonds. The van der Waals surface area contributed by atoms with E-state index in [9.17, 15) is 5.11 Å². The van der Waals surface area contributed by atoms with Gasteiger partial charge < -0.3 is 20.6 Å². The van der Waals surface area contributed by atoms with Crippen LogP contribution in [0.25, 0.3) is 11.8 Å². The second-order valence-corrected chi connectivity index (χ2v) is 7.27. The van der Waals surface area contributed by atoms with E-state index in [4.69, 9.17) is 0 Å². The first-order valence-corrected chi connectivity index (χ1v) is 10.5. The van der Waals surface area contributed by atoms with E-state index in [2.05, 4.69) is 51.7 Å². The number of anilines is 2. The van der Waals surface area contributed by atoms with Crippen molar-refractivity contribution in [2.75, 3.05) is 10.6 Å². The number of fused-ring (bicyclic) bond motifs is 1. The monoisotopic (exact) mass is 405 g/mol. The Morgan fingerprint density at radius 3 is 2.60 bits per heavy atom. The minimum absolute atomic E-state index is 0.00182. The molecule has 0 spiro atoms. The van der Waals surface area contributed by atoms with E-state index in [0.717, 1.165) is 52.6 Å². The third-order valence-corrected chi connectivity index (χ3v) is 5.27. The van der Waals surface area contributed by atoms with Gasteiger partial charge in [0, 0.05) is 28.6 Å². The summed E-state index contributed by atoms with van der Waals surface area (Å²) in [7, 11) is 0. The number of nitrogens with zero attached hydrogens (tertiary/aromatic N) is 3. The molecule has 2 heterocycles. The maximum absolute atomic E-state index is 10.4. The number of benzene rings is 1. The van der Waals surface area contributed by atoms with Gasteiger partial charge in [0.2, 0.25) is 0 Å². The lowest BCUT2D eigenvalue weighted by Gasteiger charge is -2.37. The molecule has 0 bridgehead atoms. The molecular formula is C24H31N5O. The molecule has 1 saturated carbocycles. The van der Waals surface area contributed by atoms with E-state index in [1.807, 2.05) is 32.9 Å². The lowest BCUT2D eigenvalue weighted by molar-refractivity contribution is 0.439. The largest absolute Gasteiger partial charge is 0.507 e. The number of hydrogen-bond acceptors (Lipinski definition) is 6. The van der Waals surface area contributed by atoms with Crippen molar-refractivity contribution in [3.05, 3.63) is 66.3 Å². The zero-order valence-corrected chi connectivity index (χ0v) is 18.2. The smallest absolute Gasteiger partial charge is 0.138 e. The highest BCUT2D eigenvalue weighted by Gasteiger charge is 2.37. The minimum atomic E-state index is -0.00182. The Bertz CT molecular complexity index is 978. The molecule has 6 heteroatoms. The van der Waals surface area contributed by atoms with Gasteiger partial charge in [-0.15, -0.1) is 0 Å². The molecule has 1 aliphatic heterocycles. The average Bonchev–Trinajstić information content (AvgIpc) is 3.57. The summed E-state index contributed by atoms with van der Waals surface area (Å²) in [5, 5.41) is 16.9. The Morgan fingerprint density at radius 1 is 1.23 bits per heavy atom. The van der Waals surface area contributed by atoms with Crippen LogP contribution in [-0.2, 0) is 0 Å². The van der Waals surface area contributed by atoms with E-state index in [1.54, 1.807) is 12.3 Å². The molecule has 1 aliphatic carbocycles. The first-order chi connectivity index (χ1) is 14.5. The highest BCUT2D eigenvalue weighted by molar-refractivity contribution is 5.82. The molecule has 2 aliphatic rings. The maximum atomic E-state index is 10.4. The fraction of sp³-hybridized carbons (Fsp3) is 0.333. The normalized spacial score (nSPS) is 15.9. The lowest BCUT2D eigenvalue weighted by Crippen LogP contribution is -2.35. The number of aromatic hydroxyl groups is 1. The van der Waals surface area contributed by atoms with Crippen LogP contribution in [0.1, 0.15) is 50.3 Å². The fourth-order valence-electron chi connectivity index (χ4n) is 3.71. The highest BCUT2D eigenvalue weighted by atomic mass is 16.3. The molecule has 1 aromatic carbocycles. The predicted molar refractivity (Wildman–Crippen MR) is 125 cm³/mol. The fourth-order valence-corrected chi connectivity index (χ4v) is 3.71. The number of rotatable bonds is 6. The topological polar surface area (TPSA) is 73.3 Å². The van der Waals surface area contributed by atoms with Crippen LogP contribution in [-0.4, -0.2) is 32.1 Å². The number of aromatic nitrogens is 2. The predicted octanol–water partition coefficient (Wildman–Crippen LogP) is 5.36. The SMILES string of the molecule is C=CNc1ncnc(NC(C)C2=Cc3cccc(O)c3C(=C)N2C2CC2)c1C.CC. The second kappa shape index (κ2) is 9.03. The Kier molecular flexibility index (Phi) is 6.45. The van der Waals surface area contributed by atoms with Crippen molar-refractivity contribution in [1.29, 1.82) is 0 Å². The number of phenols is 1. The van der Waals surface area contributed by atoms with E-state index in [1.165, 1.54) is 6.33 Å². The zero-order chi connectivity index (χ0) is 21.8. The van der Waals surface area contributed by atoms with Crippen LogP contribution in [0.3, 0.4) is 0 Å². The van der Waals surface area contributed by atoms with Gasteiger partial charge in [-0.2, -0.15) is 0 Å². The van der Waals surface area contributed by atoms with Gasteiger partial charge >= 0.3 is 0 Å². The molecule has 0 radical (unpaired) electrons. The van der Waals surface area contributed by atoms with Crippen LogP contribution in [0.5, 0.6) is 5.75 Å². The third kappa shape index (κ3) is 4.03. The first kappa shape index (κ1) is 21.4. The van der Waals surface area contributed by atoms with Crippen molar-refractivity contribution in [2.24, 2.45) is 0 Å². The van der Waals surface area contributed by atoms with E-state index in [-0.39, 0.29) is 11.8 Å². The molecule has 158 valence electrons. The van der Waals surface area contributed by atoms with Crippen LogP contribution in [0.4, 0.5) is 11.6 Å². The molecule has 4 rings (SSSR count). The Hall–Kier alpha value is -3.28. The molecule has 6 nitrogen and oxygen atoms in total. The molecule has 1 atom stereocenters. The second-order valence-electron chi connectivity index (χ2n) is 7.27. The van der Waals surface area contributed by atoms with Crippen LogP contribution >= 0.6 is 0 Å². The highest BCUT2D eigenvalue weighted by Crippen LogP contribution is 2.44. The van der Waals surface area contributed by atoms with Gasteiger partial charge in [-0.05, 0) is 50.6 Å². The summed E-state index contributed by atoms with van der Waals surface area (Å²) in [6, 6.07) is 6.02. The Morgan fingerprint density at radius 2 is 1.93 bits per heavy atom. The minimum Gasteiger partial charge on any atom is -0.507 e. The summed E-state index contributed by atoms with van der Waals surface area (Å²) in [5.74, 6) is 1.78. The van der Waals surface area contributed by atoms with Crippen molar-refractivity contribution in [3.63, 3.8) is 0 Å². The maximum Gasteiger partial charge on any atom is 0.138 e. The molecule has 1 unspecified atom stereocenters. The Balaban J connectivity index is 0.00000124. The molecular weight excluding hydrogens is 374 g/mol. The third-order valence-electron chi connectivity index (χ3n) is 5.27. The number of phenolic OH excluding ortho intramolecular Hbond substituents is 1. The quantitative estimate of drug-likeness (QED) is 0.601.